The summed E-state index contributed by atoms with van der Waals surface area (Å²) in [6.07, 6.45) is 0. The SMILES string of the molecule is CCNc1nc(OCC)nc(-c2ccc(F)cc2F)n1. The normalized spacial score (nSPS) is 10.4. The standard InChI is InChI=1S/C13H14F2N4O/c1-3-16-12-17-11(18-13(19-12)20-4-2)9-6-5-8(14)7-10(9)15/h5-7H,3-4H2,1-2H3,(H,16,17,18,19). The summed E-state index contributed by atoms with van der Waals surface area (Å²) in [5.41, 5.74) is 0.0916. The van der Waals surface area contributed by atoms with Crippen LogP contribution in [-0.2, 0) is 0 Å². The lowest BCUT2D eigenvalue weighted by molar-refractivity contribution is 0.312. The van der Waals surface area contributed by atoms with E-state index in [1.54, 1.807) is 6.92 Å². The molecular weight excluding hydrogens is 266 g/mol. The number of aromatic nitrogens is 3. The highest BCUT2D eigenvalue weighted by Crippen LogP contribution is 2.22. The lowest BCUT2D eigenvalue weighted by Crippen LogP contribution is -2.08. The molecule has 5 nitrogen and oxygen atoms in total. The molecule has 2 rings (SSSR count). The van der Waals surface area contributed by atoms with Crippen LogP contribution >= 0.6 is 0 Å². The number of hydrogen-bond donors (Lipinski definition) is 1. The predicted octanol–water partition coefficient (Wildman–Crippen LogP) is 2.65. The first kappa shape index (κ1) is 14.1. The van der Waals surface area contributed by atoms with E-state index in [-0.39, 0.29) is 23.3 Å². The summed E-state index contributed by atoms with van der Waals surface area (Å²) < 4.78 is 31.9. The number of benzene rings is 1. The molecule has 0 spiro atoms. The fraction of sp³-hybridized carbons (Fsp3) is 0.308. The van der Waals surface area contributed by atoms with Crippen molar-refractivity contribution in [1.29, 1.82) is 0 Å². The first-order chi connectivity index (χ1) is 9.63. The molecule has 20 heavy (non-hydrogen) atoms. The largest absolute Gasteiger partial charge is 0.464 e. The zero-order valence-electron chi connectivity index (χ0n) is 11.2. The van der Waals surface area contributed by atoms with Gasteiger partial charge in [-0.1, -0.05) is 0 Å². The fourth-order valence-electron chi connectivity index (χ4n) is 1.58. The molecule has 1 N–H and O–H groups in total. The van der Waals surface area contributed by atoms with Crippen LogP contribution in [0.1, 0.15) is 13.8 Å². The average Bonchev–Trinajstić information content (AvgIpc) is 2.39. The molecule has 2 aromatic rings. The summed E-state index contributed by atoms with van der Waals surface area (Å²) in [6.45, 7) is 4.64. The molecule has 7 heteroatoms. The van der Waals surface area contributed by atoms with Gasteiger partial charge in [-0.3, -0.25) is 0 Å². The quantitative estimate of drug-likeness (QED) is 0.912. The van der Waals surface area contributed by atoms with Crippen LogP contribution < -0.4 is 10.1 Å². The monoisotopic (exact) mass is 280 g/mol. The number of rotatable bonds is 5. The third-order valence-electron chi connectivity index (χ3n) is 2.40. The molecule has 0 saturated carbocycles. The predicted molar refractivity (Wildman–Crippen MR) is 70.5 cm³/mol. The molecule has 1 heterocycles. The first-order valence-corrected chi connectivity index (χ1v) is 6.22. The van der Waals surface area contributed by atoms with Gasteiger partial charge in [0, 0.05) is 12.6 Å². The number of anilines is 1. The lowest BCUT2D eigenvalue weighted by atomic mass is 10.2. The van der Waals surface area contributed by atoms with Crippen molar-refractivity contribution in [1.82, 2.24) is 15.0 Å². The van der Waals surface area contributed by atoms with Crippen molar-refractivity contribution in [3.8, 4) is 17.4 Å². The Kier molecular flexibility index (Phi) is 4.39. The molecule has 0 bridgehead atoms. The van der Waals surface area contributed by atoms with E-state index in [0.29, 0.717) is 13.2 Å². The Morgan fingerprint density at radius 3 is 2.60 bits per heavy atom. The summed E-state index contributed by atoms with van der Waals surface area (Å²) >= 11 is 0. The minimum Gasteiger partial charge on any atom is -0.464 e. The summed E-state index contributed by atoms with van der Waals surface area (Å²) in [6, 6.07) is 3.31. The van der Waals surface area contributed by atoms with Gasteiger partial charge in [-0.25, -0.2) is 8.78 Å². The van der Waals surface area contributed by atoms with E-state index < -0.39 is 11.6 Å². The van der Waals surface area contributed by atoms with Crippen LogP contribution in [0.5, 0.6) is 6.01 Å². The maximum absolute atomic E-state index is 13.8. The zero-order chi connectivity index (χ0) is 14.5. The van der Waals surface area contributed by atoms with Crippen molar-refractivity contribution in [2.75, 3.05) is 18.5 Å². The Morgan fingerprint density at radius 2 is 1.95 bits per heavy atom. The van der Waals surface area contributed by atoms with E-state index in [0.717, 1.165) is 12.1 Å². The Bertz CT molecular complexity index is 583. The van der Waals surface area contributed by atoms with Crippen LogP contribution in [-0.4, -0.2) is 28.1 Å². The van der Waals surface area contributed by atoms with Gasteiger partial charge in [-0.2, -0.15) is 15.0 Å². The molecule has 0 saturated heterocycles. The minimum absolute atomic E-state index is 0.0916. The van der Waals surface area contributed by atoms with Gasteiger partial charge in [-0.05, 0) is 26.0 Å². The van der Waals surface area contributed by atoms with Gasteiger partial charge < -0.3 is 10.1 Å². The minimum atomic E-state index is -0.735. The number of nitrogens with zero attached hydrogens (tertiary/aromatic N) is 3. The maximum atomic E-state index is 13.8. The van der Waals surface area contributed by atoms with E-state index in [9.17, 15) is 8.78 Å². The molecule has 0 aliphatic rings. The van der Waals surface area contributed by atoms with E-state index in [1.807, 2.05) is 6.92 Å². The van der Waals surface area contributed by atoms with E-state index in [4.69, 9.17) is 4.74 Å². The summed E-state index contributed by atoms with van der Waals surface area (Å²) in [5, 5.41) is 2.91. The molecule has 0 fully saturated rings. The van der Waals surface area contributed by atoms with Gasteiger partial charge in [0.25, 0.3) is 0 Å². The van der Waals surface area contributed by atoms with E-state index >= 15 is 0 Å². The van der Waals surface area contributed by atoms with Crippen molar-refractivity contribution in [2.24, 2.45) is 0 Å². The summed E-state index contributed by atoms with van der Waals surface area (Å²) in [7, 11) is 0. The van der Waals surface area contributed by atoms with Crippen molar-refractivity contribution in [3.63, 3.8) is 0 Å². The van der Waals surface area contributed by atoms with Crippen molar-refractivity contribution in [3.05, 3.63) is 29.8 Å². The molecule has 0 radical (unpaired) electrons. The van der Waals surface area contributed by atoms with E-state index in [1.165, 1.54) is 6.07 Å². The fourth-order valence-corrected chi connectivity index (χ4v) is 1.58. The van der Waals surface area contributed by atoms with Crippen molar-refractivity contribution in [2.45, 2.75) is 13.8 Å². The van der Waals surface area contributed by atoms with Crippen LogP contribution in [0.15, 0.2) is 18.2 Å². The molecule has 1 aromatic carbocycles. The van der Waals surface area contributed by atoms with Gasteiger partial charge >= 0.3 is 6.01 Å². The van der Waals surface area contributed by atoms with Crippen molar-refractivity contribution < 1.29 is 13.5 Å². The second-order valence-electron chi connectivity index (χ2n) is 3.85. The van der Waals surface area contributed by atoms with Gasteiger partial charge in [0.1, 0.15) is 11.6 Å². The topological polar surface area (TPSA) is 59.9 Å². The Hall–Kier alpha value is -2.31. The number of ether oxygens (including phenoxy) is 1. The number of nitrogens with one attached hydrogen (secondary N) is 1. The smallest absolute Gasteiger partial charge is 0.321 e. The molecular formula is C13H14F2N4O. The number of hydrogen-bond acceptors (Lipinski definition) is 5. The van der Waals surface area contributed by atoms with Crippen LogP contribution in [0.2, 0.25) is 0 Å². The maximum Gasteiger partial charge on any atom is 0.321 e. The lowest BCUT2D eigenvalue weighted by Gasteiger charge is -2.08. The first-order valence-electron chi connectivity index (χ1n) is 6.22. The second-order valence-corrected chi connectivity index (χ2v) is 3.85. The molecule has 0 amide bonds. The Labute approximate surface area is 115 Å². The number of halogens is 2. The molecule has 0 atom stereocenters. The van der Waals surface area contributed by atoms with Crippen LogP contribution in [0.4, 0.5) is 14.7 Å². The second kappa shape index (κ2) is 6.23. The Morgan fingerprint density at radius 1 is 1.15 bits per heavy atom. The highest BCUT2D eigenvalue weighted by molar-refractivity contribution is 5.57. The molecule has 0 aliphatic carbocycles. The van der Waals surface area contributed by atoms with Crippen LogP contribution in [0.25, 0.3) is 11.4 Å². The summed E-state index contributed by atoms with van der Waals surface area (Å²) in [5.74, 6) is -1.01. The molecule has 0 unspecified atom stereocenters. The summed E-state index contributed by atoms with van der Waals surface area (Å²) in [4.78, 5) is 12.1. The van der Waals surface area contributed by atoms with Crippen LogP contribution in [0, 0.1) is 11.6 Å². The van der Waals surface area contributed by atoms with Gasteiger partial charge in [0.2, 0.25) is 5.95 Å². The molecule has 0 aliphatic heterocycles. The highest BCUT2D eigenvalue weighted by Gasteiger charge is 2.13. The van der Waals surface area contributed by atoms with Crippen molar-refractivity contribution >= 4 is 5.95 Å². The molecule has 1 aromatic heterocycles. The zero-order valence-corrected chi connectivity index (χ0v) is 11.2. The highest BCUT2D eigenvalue weighted by atomic mass is 19.1. The molecule has 106 valence electrons. The Balaban J connectivity index is 2.48. The third kappa shape index (κ3) is 3.17. The van der Waals surface area contributed by atoms with Gasteiger partial charge in [0.05, 0.1) is 12.2 Å². The van der Waals surface area contributed by atoms with Gasteiger partial charge in [0.15, 0.2) is 5.82 Å². The average molecular weight is 280 g/mol. The third-order valence-corrected chi connectivity index (χ3v) is 2.40. The van der Waals surface area contributed by atoms with Gasteiger partial charge in [-0.15, -0.1) is 0 Å². The van der Waals surface area contributed by atoms with Crippen LogP contribution in [0.3, 0.4) is 0 Å². The van der Waals surface area contributed by atoms with E-state index in [2.05, 4.69) is 20.3 Å².